The summed E-state index contributed by atoms with van der Waals surface area (Å²) >= 11 is 0. The summed E-state index contributed by atoms with van der Waals surface area (Å²) in [6.07, 6.45) is 0.455. The third kappa shape index (κ3) is 2.98. The third-order valence-electron chi connectivity index (χ3n) is 5.96. The van der Waals surface area contributed by atoms with Gasteiger partial charge in [-0.15, -0.1) is 0 Å². The van der Waals surface area contributed by atoms with E-state index >= 15 is 0 Å². The number of carbonyl (C=O) groups is 4. The van der Waals surface area contributed by atoms with E-state index in [1.165, 1.54) is 7.05 Å². The molecule has 8 heteroatoms. The van der Waals surface area contributed by atoms with Crippen LogP contribution in [-0.2, 0) is 26.3 Å². The number of rotatable bonds is 5. The predicted molar refractivity (Wildman–Crippen MR) is 113 cm³/mol. The number of urea groups is 1. The largest absolute Gasteiger partial charge is 0.480 e. The number of carbonyl (C=O) groups excluding carboxylic acids is 3. The molecule has 2 aromatic rings. The molecule has 0 saturated carbocycles. The Kier molecular flexibility index (Phi) is 4.80. The van der Waals surface area contributed by atoms with E-state index in [0.29, 0.717) is 17.7 Å². The van der Waals surface area contributed by atoms with E-state index in [4.69, 9.17) is 0 Å². The molecular weight excluding hydrogens is 398 g/mol. The molecule has 1 spiro atoms. The average Bonchev–Trinajstić information content (AvgIpc) is 3.05. The molecule has 0 aliphatic carbocycles. The predicted octanol–water partition coefficient (Wildman–Crippen LogP) is 2.07. The molecule has 1 atom stereocenters. The van der Waals surface area contributed by atoms with Crippen LogP contribution in [0.2, 0.25) is 0 Å². The highest BCUT2D eigenvalue weighted by atomic mass is 16.4. The maximum atomic E-state index is 13.6. The zero-order valence-electron chi connectivity index (χ0n) is 17.6. The van der Waals surface area contributed by atoms with Crippen molar-refractivity contribution in [1.29, 1.82) is 0 Å². The minimum Gasteiger partial charge on any atom is -0.480 e. The van der Waals surface area contributed by atoms with Crippen molar-refractivity contribution in [3.05, 3.63) is 64.7 Å². The lowest BCUT2D eigenvalue weighted by atomic mass is 9.89. The van der Waals surface area contributed by atoms with Gasteiger partial charge in [-0.1, -0.05) is 47.5 Å². The van der Waals surface area contributed by atoms with Gasteiger partial charge in [0.1, 0.15) is 6.54 Å². The van der Waals surface area contributed by atoms with Gasteiger partial charge in [0.15, 0.2) is 0 Å². The Morgan fingerprint density at radius 2 is 1.65 bits per heavy atom. The fourth-order valence-corrected chi connectivity index (χ4v) is 4.47. The van der Waals surface area contributed by atoms with Crippen molar-refractivity contribution >= 4 is 29.5 Å². The number of aryl methyl sites for hydroxylation is 2. The van der Waals surface area contributed by atoms with Crippen LogP contribution in [0.5, 0.6) is 0 Å². The summed E-state index contributed by atoms with van der Waals surface area (Å²) in [5, 5.41) is 9.30. The van der Waals surface area contributed by atoms with Gasteiger partial charge < -0.3 is 10.0 Å². The molecule has 2 aliphatic heterocycles. The number of aliphatic carboxylic acids is 1. The summed E-state index contributed by atoms with van der Waals surface area (Å²) in [5.74, 6) is -2.56. The van der Waals surface area contributed by atoms with Crippen LogP contribution in [0.25, 0.3) is 0 Å². The summed E-state index contributed by atoms with van der Waals surface area (Å²) in [4.78, 5) is 54.9. The van der Waals surface area contributed by atoms with Gasteiger partial charge in [-0.2, -0.15) is 0 Å². The minimum atomic E-state index is -1.87. The lowest BCUT2D eigenvalue weighted by Gasteiger charge is -2.27. The van der Waals surface area contributed by atoms with Crippen molar-refractivity contribution in [2.24, 2.45) is 0 Å². The first kappa shape index (κ1) is 20.6. The van der Waals surface area contributed by atoms with Crippen LogP contribution in [0.15, 0.2) is 42.5 Å². The number of benzene rings is 2. The molecule has 0 radical (unpaired) electrons. The fourth-order valence-electron chi connectivity index (χ4n) is 4.47. The maximum absolute atomic E-state index is 13.6. The first-order valence-corrected chi connectivity index (χ1v) is 9.98. The van der Waals surface area contributed by atoms with Crippen LogP contribution in [0.3, 0.4) is 0 Å². The fraction of sp³-hybridized carbons (Fsp3) is 0.304. The van der Waals surface area contributed by atoms with Crippen LogP contribution >= 0.6 is 0 Å². The zero-order valence-corrected chi connectivity index (χ0v) is 17.6. The number of hydrogen-bond acceptors (Lipinski definition) is 4. The summed E-state index contributed by atoms with van der Waals surface area (Å²) in [5.41, 5.74) is 1.66. The SMILES string of the molecule is Cc1cccc(CCN2C(=O)N(C)C3(C2=O)C(=O)N(CC(=O)O)c2ccc(C)cc23)c1. The Labute approximate surface area is 179 Å². The van der Waals surface area contributed by atoms with E-state index in [1.807, 2.05) is 38.1 Å². The van der Waals surface area contributed by atoms with Gasteiger partial charge in [-0.3, -0.25) is 24.2 Å². The Balaban J connectivity index is 1.74. The normalized spacial score (nSPS) is 20.2. The number of likely N-dealkylation sites (N-methyl/N-ethyl adjacent to an activating group) is 1. The molecule has 1 N–H and O–H groups in total. The van der Waals surface area contributed by atoms with Crippen LogP contribution < -0.4 is 4.90 Å². The van der Waals surface area contributed by atoms with E-state index in [1.54, 1.807) is 18.2 Å². The number of carboxylic acid groups (broad SMARTS) is 1. The Hall–Kier alpha value is -3.68. The average molecular weight is 421 g/mol. The maximum Gasteiger partial charge on any atom is 0.328 e. The molecule has 4 rings (SSSR count). The van der Waals surface area contributed by atoms with Crippen molar-refractivity contribution in [1.82, 2.24) is 9.80 Å². The second-order valence-electron chi connectivity index (χ2n) is 8.05. The van der Waals surface area contributed by atoms with Gasteiger partial charge in [0.25, 0.3) is 11.8 Å². The molecule has 160 valence electrons. The lowest BCUT2D eigenvalue weighted by molar-refractivity contribution is -0.143. The van der Waals surface area contributed by atoms with Gasteiger partial charge in [0.2, 0.25) is 5.54 Å². The van der Waals surface area contributed by atoms with E-state index in [2.05, 4.69) is 0 Å². The molecule has 2 heterocycles. The minimum absolute atomic E-state index is 0.126. The van der Waals surface area contributed by atoms with Gasteiger partial charge in [-0.25, -0.2) is 4.79 Å². The Bertz CT molecular complexity index is 1130. The number of anilines is 1. The van der Waals surface area contributed by atoms with Crippen molar-refractivity contribution in [2.45, 2.75) is 25.8 Å². The van der Waals surface area contributed by atoms with E-state index in [-0.39, 0.29) is 6.54 Å². The standard InChI is InChI=1S/C23H23N3O5/c1-14-5-4-6-16(11-14)9-10-25-20(29)23(24(3)22(25)31)17-12-15(2)7-8-18(17)26(21(23)30)13-19(27)28/h4-8,11-12H,9-10,13H2,1-3H3,(H,27,28). The summed E-state index contributed by atoms with van der Waals surface area (Å²) < 4.78 is 0. The Morgan fingerprint density at radius 1 is 0.968 bits per heavy atom. The number of imide groups is 1. The first-order chi connectivity index (χ1) is 14.7. The number of carboxylic acids is 1. The van der Waals surface area contributed by atoms with Crippen LogP contribution in [0, 0.1) is 13.8 Å². The molecule has 1 unspecified atom stereocenters. The lowest BCUT2D eigenvalue weighted by Crippen LogP contribution is -2.53. The molecule has 4 amide bonds. The Morgan fingerprint density at radius 3 is 2.32 bits per heavy atom. The highest BCUT2D eigenvalue weighted by Gasteiger charge is 2.67. The number of fused-ring (bicyclic) bond motifs is 2. The van der Waals surface area contributed by atoms with Crippen LogP contribution in [0.1, 0.15) is 22.3 Å². The molecule has 0 aromatic heterocycles. The van der Waals surface area contributed by atoms with Crippen molar-refractivity contribution in [2.75, 3.05) is 25.0 Å². The number of hydrogen-bond donors (Lipinski definition) is 1. The quantitative estimate of drug-likeness (QED) is 0.589. The van der Waals surface area contributed by atoms with Gasteiger partial charge >= 0.3 is 12.0 Å². The first-order valence-electron chi connectivity index (χ1n) is 9.98. The van der Waals surface area contributed by atoms with Crippen molar-refractivity contribution < 1.29 is 24.3 Å². The zero-order chi connectivity index (χ0) is 22.5. The van der Waals surface area contributed by atoms with Crippen molar-refractivity contribution in [3.8, 4) is 0 Å². The summed E-state index contributed by atoms with van der Waals surface area (Å²) in [6.45, 7) is 3.32. The third-order valence-corrected chi connectivity index (χ3v) is 5.96. The van der Waals surface area contributed by atoms with Gasteiger partial charge in [0.05, 0.1) is 5.69 Å². The molecule has 8 nitrogen and oxygen atoms in total. The van der Waals surface area contributed by atoms with E-state index in [9.17, 15) is 24.3 Å². The number of amides is 4. The van der Waals surface area contributed by atoms with Gasteiger partial charge in [-0.05, 0) is 31.9 Å². The topological polar surface area (TPSA) is 98.2 Å². The van der Waals surface area contributed by atoms with E-state index < -0.39 is 35.9 Å². The molecule has 2 aliphatic rings. The second kappa shape index (κ2) is 7.23. The molecule has 2 aromatic carbocycles. The second-order valence-corrected chi connectivity index (χ2v) is 8.05. The van der Waals surface area contributed by atoms with Crippen molar-refractivity contribution in [3.63, 3.8) is 0 Å². The number of nitrogens with zero attached hydrogens (tertiary/aromatic N) is 3. The molecular formula is C23H23N3O5. The monoisotopic (exact) mass is 421 g/mol. The molecule has 31 heavy (non-hydrogen) atoms. The highest BCUT2D eigenvalue weighted by molar-refractivity contribution is 6.28. The molecule has 1 saturated heterocycles. The smallest absolute Gasteiger partial charge is 0.328 e. The molecule has 1 fully saturated rings. The highest BCUT2D eigenvalue weighted by Crippen LogP contribution is 2.48. The van der Waals surface area contributed by atoms with Gasteiger partial charge in [0, 0.05) is 19.2 Å². The summed E-state index contributed by atoms with van der Waals surface area (Å²) in [6, 6.07) is 12.3. The van der Waals surface area contributed by atoms with Crippen LogP contribution in [-0.4, -0.2) is 58.9 Å². The molecule has 0 bridgehead atoms. The van der Waals surface area contributed by atoms with Crippen LogP contribution in [0.4, 0.5) is 10.5 Å². The van der Waals surface area contributed by atoms with E-state index in [0.717, 1.165) is 31.4 Å². The summed E-state index contributed by atoms with van der Waals surface area (Å²) in [7, 11) is 1.42.